The summed E-state index contributed by atoms with van der Waals surface area (Å²) in [6.07, 6.45) is 4.39. The molecule has 0 aliphatic heterocycles. The van der Waals surface area contributed by atoms with Gasteiger partial charge in [-0.1, -0.05) is 25.7 Å². The van der Waals surface area contributed by atoms with E-state index in [0.717, 1.165) is 17.6 Å². The van der Waals surface area contributed by atoms with E-state index >= 15 is 0 Å². The number of aromatic nitrogens is 2. The first-order chi connectivity index (χ1) is 10.4. The molecule has 22 heavy (non-hydrogen) atoms. The second-order valence-electron chi connectivity index (χ2n) is 7.67. The van der Waals surface area contributed by atoms with Crippen LogP contribution in [0.2, 0.25) is 25.7 Å². The maximum Gasteiger partial charge on any atom is 0.124 e. The van der Waals surface area contributed by atoms with E-state index in [1.54, 1.807) is 0 Å². The van der Waals surface area contributed by atoms with Crippen LogP contribution >= 0.6 is 0 Å². The predicted molar refractivity (Wildman–Crippen MR) is 93.5 cm³/mol. The van der Waals surface area contributed by atoms with Crippen LogP contribution in [0.5, 0.6) is 0 Å². The van der Waals surface area contributed by atoms with Gasteiger partial charge in [0.15, 0.2) is 0 Å². The van der Waals surface area contributed by atoms with Crippen molar-refractivity contribution in [1.29, 1.82) is 0 Å². The Labute approximate surface area is 133 Å². The summed E-state index contributed by atoms with van der Waals surface area (Å²) in [7, 11) is -1.03. The van der Waals surface area contributed by atoms with Crippen LogP contribution in [0.15, 0.2) is 24.5 Å². The Balaban J connectivity index is 1.68. The topological polar surface area (TPSA) is 53.1 Å². The lowest BCUT2D eigenvalue weighted by atomic mass is 10.0. The highest BCUT2D eigenvalue weighted by molar-refractivity contribution is 6.76. The molecule has 1 saturated carbocycles. The van der Waals surface area contributed by atoms with Crippen LogP contribution in [-0.4, -0.2) is 24.2 Å². The lowest BCUT2D eigenvalue weighted by Gasteiger charge is -2.16. The van der Waals surface area contributed by atoms with Gasteiger partial charge in [-0.3, -0.25) is 0 Å². The van der Waals surface area contributed by atoms with E-state index in [0.29, 0.717) is 12.6 Å². The van der Waals surface area contributed by atoms with Crippen molar-refractivity contribution < 1.29 is 4.74 Å². The van der Waals surface area contributed by atoms with Gasteiger partial charge in [-0.05, 0) is 42.5 Å². The summed E-state index contributed by atoms with van der Waals surface area (Å²) >= 11 is 0. The molecule has 0 spiro atoms. The molecule has 3 rings (SSSR count). The van der Waals surface area contributed by atoms with Gasteiger partial charge >= 0.3 is 0 Å². The van der Waals surface area contributed by atoms with Gasteiger partial charge in [0.25, 0.3) is 0 Å². The number of hydrogen-bond donors (Lipinski definition) is 1. The first-order valence-electron chi connectivity index (χ1n) is 8.22. The molecule has 1 aliphatic rings. The van der Waals surface area contributed by atoms with Gasteiger partial charge < -0.3 is 15.0 Å². The van der Waals surface area contributed by atoms with Crippen LogP contribution in [-0.2, 0) is 11.5 Å². The van der Waals surface area contributed by atoms with Crippen molar-refractivity contribution in [3.63, 3.8) is 0 Å². The maximum atomic E-state index is 6.32. The summed E-state index contributed by atoms with van der Waals surface area (Å²) < 4.78 is 7.93. The molecule has 1 heterocycles. The summed E-state index contributed by atoms with van der Waals surface area (Å²) in [5, 5.41) is 0. The number of nitrogens with zero attached hydrogens (tertiary/aromatic N) is 2. The van der Waals surface area contributed by atoms with Crippen molar-refractivity contribution in [3.05, 3.63) is 30.1 Å². The monoisotopic (exact) mass is 317 g/mol. The molecule has 0 radical (unpaired) electrons. The molecule has 0 saturated heterocycles. The summed E-state index contributed by atoms with van der Waals surface area (Å²) in [6.45, 7) is 8.51. The van der Waals surface area contributed by atoms with Crippen molar-refractivity contribution in [2.75, 3.05) is 6.61 Å². The average molecular weight is 318 g/mol. The molecule has 120 valence electrons. The lowest BCUT2D eigenvalue weighted by Crippen LogP contribution is -2.22. The SMILES string of the molecule is C[Si](C)(C)CCOCn1cnc2ccc(C(N)C3CC3)cc21. The Bertz CT molecular complexity index is 643. The predicted octanol–water partition coefficient (Wildman–Crippen LogP) is 3.76. The van der Waals surface area contributed by atoms with Crippen molar-refractivity contribution in [2.45, 2.75) is 51.3 Å². The van der Waals surface area contributed by atoms with Crippen LogP contribution in [0.25, 0.3) is 11.0 Å². The van der Waals surface area contributed by atoms with Gasteiger partial charge in [0, 0.05) is 20.7 Å². The molecule has 1 aliphatic carbocycles. The fourth-order valence-electron chi connectivity index (χ4n) is 2.65. The molecule has 1 fully saturated rings. The Morgan fingerprint density at radius 3 is 2.82 bits per heavy atom. The zero-order chi connectivity index (χ0) is 15.7. The maximum absolute atomic E-state index is 6.32. The fourth-order valence-corrected chi connectivity index (χ4v) is 3.41. The number of ether oxygens (including phenoxy) is 1. The molecule has 5 heteroatoms. The summed E-state index contributed by atoms with van der Waals surface area (Å²) in [5.41, 5.74) is 9.69. The number of hydrogen-bond acceptors (Lipinski definition) is 3. The molecule has 0 amide bonds. The largest absolute Gasteiger partial charge is 0.361 e. The Morgan fingerprint density at radius 2 is 2.14 bits per heavy atom. The molecule has 0 bridgehead atoms. The first-order valence-corrected chi connectivity index (χ1v) is 11.9. The standard InChI is InChI=1S/C17H27N3OSi/c1-22(2,3)9-8-21-12-20-11-19-15-7-6-14(10-16(15)20)17(18)13-4-5-13/h6-7,10-11,13,17H,4-5,8-9,12,18H2,1-3H3. The molecule has 1 atom stereocenters. The molecule has 2 N–H and O–H groups in total. The normalized spacial score (nSPS) is 17.1. The zero-order valence-corrected chi connectivity index (χ0v) is 14.9. The van der Waals surface area contributed by atoms with E-state index in [1.165, 1.54) is 24.4 Å². The third-order valence-corrected chi connectivity index (χ3v) is 6.09. The minimum atomic E-state index is -1.03. The van der Waals surface area contributed by atoms with Gasteiger partial charge in [-0.2, -0.15) is 0 Å². The van der Waals surface area contributed by atoms with Crippen molar-refractivity contribution in [2.24, 2.45) is 11.7 Å². The third-order valence-electron chi connectivity index (χ3n) is 4.39. The summed E-state index contributed by atoms with van der Waals surface area (Å²) in [5.74, 6) is 0.668. The Kier molecular flexibility index (Phi) is 4.39. The fraction of sp³-hybridized carbons (Fsp3) is 0.588. The third kappa shape index (κ3) is 3.77. The highest BCUT2D eigenvalue weighted by atomic mass is 28.3. The average Bonchev–Trinajstić information content (AvgIpc) is 3.23. The van der Waals surface area contributed by atoms with Gasteiger partial charge in [-0.25, -0.2) is 4.98 Å². The lowest BCUT2D eigenvalue weighted by molar-refractivity contribution is 0.0898. The number of imidazole rings is 1. The molecule has 4 nitrogen and oxygen atoms in total. The Morgan fingerprint density at radius 1 is 1.36 bits per heavy atom. The minimum Gasteiger partial charge on any atom is -0.361 e. The number of rotatable bonds is 7. The van der Waals surface area contributed by atoms with Gasteiger partial charge in [0.1, 0.15) is 6.73 Å². The molecule has 1 aromatic heterocycles. The molecule has 2 aromatic rings. The van der Waals surface area contributed by atoms with Crippen LogP contribution in [0, 0.1) is 5.92 Å². The van der Waals surface area contributed by atoms with Crippen LogP contribution in [0.1, 0.15) is 24.4 Å². The van der Waals surface area contributed by atoms with E-state index in [1.807, 2.05) is 6.33 Å². The van der Waals surface area contributed by atoms with Crippen LogP contribution in [0.4, 0.5) is 0 Å². The Hall–Kier alpha value is -1.17. The zero-order valence-electron chi connectivity index (χ0n) is 13.9. The second-order valence-corrected chi connectivity index (χ2v) is 13.3. The van der Waals surface area contributed by atoms with E-state index in [9.17, 15) is 0 Å². The number of benzene rings is 1. The number of fused-ring (bicyclic) bond motifs is 1. The van der Waals surface area contributed by atoms with E-state index in [4.69, 9.17) is 10.5 Å². The van der Waals surface area contributed by atoms with Crippen molar-refractivity contribution in [3.8, 4) is 0 Å². The highest BCUT2D eigenvalue weighted by Crippen LogP contribution is 2.39. The van der Waals surface area contributed by atoms with Crippen molar-refractivity contribution in [1.82, 2.24) is 9.55 Å². The van der Waals surface area contributed by atoms with E-state index in [-0.39, 0.29) is 6.04 Å². The van der Waals surface area contributed by atoms with Crippen molar-refractivity contribution >= 4 is 19.1 Å². The smallest absolute Gasteiger partial charge is 0.124 e. The molecule has 1 unspecified atom stereocenters. The van der Waals surface area contributed by atoms with Gasteiger partial charge in [0.05, 0.1) is 17.4 Å². The first kappa shape index (κ1) is 15.7. The van der Waals surface area contributed by atoms with Gasteiger partial charge in [-0.15, -0.1) is 0 Å². The molecular weight excluding hydrogens is 290 g/mol. The second kappa shape index (κ2) is 6.14. The number of nitrogens with two attached hydrogens (primary N) is 1. The summed E-state index contributed by atoms with van der Waals surface area (Å²) in [6, 6.07) is 7.74. The van der Waals surface area contributed by atoms with E-state index < -0.39 is 8.07 Å². The van der Waals surface area contributed by atoms with Crippen LogP contribution < -0.4 is 5.73 Å². The highest BCUT2D eigenvalue weighted by Gasteiger charge is 2.29. The molecular formula is C17H27N3OSi. The van der Waals surface area contributed by atoms with E-state index in [2.05, 4.69) is 47.4 Å². The quantitative estimate of drug-likeness (QED) is 0.625. The molecule has 1 aromatic carbocycles. The summed E-state index contributed by atoms with van der Waals surface area (Å²) in [4.78, 5) is 4.46. The van der Waals surface area contributed by atoms with Gasteiger partial charge in [0.2, 0.25) is 0 Å². The van der Waals surface area contributed by atoms with Crippen LogP contribution in [0.3, 0.4) is 0 Å². The minimum absolute atomic E-state index is 0.167.